The van der Waals surface area contributed by atoms with E-state index in [0.29, 0.717) is 0 Å². The second kappa shape index (κ2) is 8.87. The van der Waals surface area contributed by atoms with E-state index in [4.69, 9.17) is 0 Å². The molecule has 0 saturated heterocycles. The fourth-order valence-corrected chi connectivity index (χ4v) is 3.82. The molecule has 3 aromatic carbocycles. The zero-order valence-electron chi connectivity index (χ0n) is 14.7. The predicted octanol–water partition coefficient (Wildman–Crippen LogP) is 6.90. The zero-order valence-corrected chi connectivity index (χ0v) is 15.5. The van der Waals surface area contributed by atoms with Crippen molar-refractivity contribution in [2.75, 3.05) is 0 Å². The molecule has 0 fully saturated rings. The summed E-state index contributed by atoms with van der Waals surface area (Å²) in [5.74, 6) is 0. The van der Waals surface area contributed by atoms with Crippen LogP contribution in [-0.2, 0) is 6.42 Å². The van der Waals surface area contributed by atoms with E-state index >= 15 is 0 Å². The van der Waals surface area contributed by atoms with Gasteiger partial charge in [0.15, 0.2) is 0 Å². The van der Waals surface area contributed by atoms with Gasteiger partial charge in [-0.25, -0.2) is 0 Å². The van der Waals surface area contributed by atoms with Crippen molar-refractivity contribution in [2.24, 2.45) is 0 Å². The minimum atomic E-state index is 0.104. The van der Waals surface area contributed by atoms with Crippen LogP contribution in [0.5, 0.6) is 0 Å². The average molecular weight is 349 g/mol. The third-order valence-corrected chi connectivity index (χ3v) is 5.38. The van der Waals surface area contributed by atoms with Gasteiger partial charge in [0.05, 0.1) is 0 Å². The normalized spacial score (nSPS) is 10.9. The van der Waals surface area contributed by atoms with Gasteiger partial charge in [-0.3, -0.25) is 4.79 Å². The van der Waals surface area contributed by atoms with E-state index in [1.165, 1.54) is 43.0 Å². The number of hydrogen-bond acceptors (Lipinski definition) is 2. The molecule has 0 aliphatic heterocycles. The Kier molecular flexibility index (Phi) is 6.30. The summed E-state index contributed by atoms with van der Waals surface area (Å²) in [6, 6.07) is 22.4. The molecule has 0 saturated carbocycles. The fraction of sp³-hybridized carbons (Fsp3) is 0.261. The van der Waals surface area contributed by atoms with E-state index < -0.39 is 0 Å². The Morgan fingerprint density at radius 3 is 2.40 bits per heavy atom. The summed E-state index contributed by atoms with van der Waals surface area (Å²) in [6.07, 6.45) is 6.25. The molecule has 3 rings (SSSR count). The molecule has 0 unspecified atom stereocenters. The molecule has 0 N–H and O–H groups in total. The standard InChI is InChI=1S/C23H24OS/c1-2-3-4-5-9-18-14-16-20(17-15-18)25-23(24)22-13-8-11-19-10-6-7-12-21(19)22/h6-8,10-17H,2-5,9H2,1H3. The molecular weight excluding hydrogens is 324 g/mol. The van der Waals surface area contributed by atoms with Crippen LogP contribution in [0.4, 0.5) is 0 Å². The monoisotopic (exact) mass is 348 g/mol. The summed E-state index contributed by atoms with van der Waals surface area (Å²) in [7, 11) is 0. The summed E-state index contributed by atoms with van der Waals surface area (Å²) in [4.78, 5) is 13.7. The third-order valence-electron chi connectivity index (χ3n) is 4.46. The van der Waals surface area contributed by atoms with Crippen LogP contribution in [0.1, 0.15) is 48.5 Å². The van der Waals surface area contributed by atoms with E-state index in [1.54, 1.807) is 0 Å². The van der Waals surface area contributed by atoms with Crippen LogP contribution < -0.4 is 0 Å². The first-order chi connectivity index (χ1) is 12.3. The van der Waals surface area contributed by atoms with Crippen LogP contribution in [0.2, 0.25) is 0 Å². The quantitative estimate of drug-likeness (QED) is 0.341. The van der Waals surface area contributed by atoms with Gasteiger partial charge in [0.25, 0.3) is 0 Å². The lowest BCUT2D eigenvalue weighted by Gasteiger charge is -2.06. The molecule has 0 aromatic heterocycles. The number of carbonyl (C=O) groups excluding carboxylic acids is 1. The van der Waals surface area contributed by atoms with Gasteiger partial charge < -0.3 is 0 Å². The van der Waals surface area contributed by atoms with Crippen LogP contribution in [0.3, 0.4) is 0 Å². The number of benzene rings is 3. The molecule has 0 bridgehead atoms. The maximum absolute atomic E-state index is 12.7. The van der Waals surface area contributed by atoms with Crippen molar-refractivity contribution < 1.29 is 4.79 Å². The topological polar surface area (TPSA) is 17.1 Å². The van der Waals surface area contributed by atoms with Gasteiger partial charge >= 0.3 is 0 Å². The molecular formula is C23H24OS. The van der Waals surface area contributed by atoms with Gasteiger partial charge in [-0.2, -0.15) is 0 Å². The maximum atomic E-state index is 12.7. The first-order valence-corrected chi connectivity index (χ1v) is 9.88. The van der Waals surface area contributed by atoms with Gasteiger partial charge in [0.1, 0.15) is 0 Å². The van der Waals surface area contributed by atoms with Crippen LogP contribution >= 0.6 is 11.8 Å². The largest absolute Gasteiger partial charge is 0.281 e. The predicted molar refractivity (Wildman–Crippen MR) is 108 cm³/mol. The Bertz CT molecular complexity index is 831. The zero-order chi connectivity index (χ0) is 17.5. The second-order valence-corrected chi connectivity index (χ2v) is 7.42. The van der Waals surface area contributed by atoms with Crippen molar-refractivity contribution in [3.63, 3.8) is 0 Å². The van der Waals surface area contributed by atoms with Crippen molar-refractivity contribution in [1.29, 1.82) is 0 Å². The van der Waals surface area contributed by atoms with Crippen LogP contribution in [0.15, 0.2) is 71.6 Å². The van der Waals surface area contributed by atoms with Crippen LogP contribution in [0.25, 0.3) is 10.8 Å². The van der Waals surface area contributed by atoms with E-state index in [9.17, 15) is 4.79 Å². The minimum absolute atomic E-state index is 0.104. The Morgan fingerprint density at radius 2 is 1.60 bits per heavy atom. The number of fused-ring (bicyclic) bond motifs is 1. The highest BCUT2D eigenvalue weighted by Crippen LogP contribution is 2.27. The van der Waals surface area contributed by atoms with Gasteiger partial charge in [0, 0.05) is 10.5 Å². The number of carbonyl (C=O) groups is 1. The first kappa shape index (κ1) is 17.8. The molecule has 3 aromatic rings. The lowest BCUT2D eigenvalue weighted by Crippen LogP contribution is -1.95. The molecule has 0 spiro atoms. The number of unbranched alkanes of at least 4 members (excludes halogenated alkanes) is 3. The summed E-state index contributed by atoms with van der Waals surface area (Å²) in [6.45, 7) is 2.24. The summed E-state index contributed by atoms with van der Waals surface area (Å²) in [5.41, 5.74) is 2.14. The van der Waals surface area contributed by atoms with E-state index in [-0.39, 0.29) is 5.12 Å². The maximum Gasteiger partial charge on any atom is 0.224 e. The van der Waals surface area contributed by atoms with E-state index in [1.807, 2.05) is 42.5 Å². The SMILES string of the molecule is CCCCCCc1ccc(SC(=O)c2cccc3ccccc23)cc1. The molecule has 0 aliphatic carbocycles. The second-order valence-electron chi connectivity index (χ2n) is 6.37. The highest BCUT2D eigenvalue weighted by molar-refractivity contribution is 8.14. The van der Waals surface area contributed by atoms with Crippen molar-refractivity contribution in [1.82, 2.24) is 0 Å². The smallest absolute Gasteiger partial charge is 0.224 e. The molecule has 0 radical (unpaired) electrons. The van der Waals surface area contributed by atoms with Crippen molar-refractivity contribution >= 4 is 27.6 Å². The molecule has 0 aliphatic rings. The van der Waals surface area contributed by atoms with Gasteiger partial charge in [-0.1, -0.05) is 74.7 Å². The van der Waals surface area contributed by atoms with Crippen molar-refractivity contribution in [2.45, 2.75) is 43.9 Å². The first-order valence-electron chi connectivity index (χ1n) is 9.07. The molecule has 2 heteroatoms. The van der Waals surface area contributed by atoms with Crippen LogP contribution in [-0.4, -0.2) is 5.12 Å². The number of hydrogen-bond donors (Lipinski definition) is 0. The number of aryl methyl sites for hydroxylation is 1. The van der Waals surface area contributed by atoms with Gasteiger partial charge in [-0.05, 0) is 59.1 Å². The Balaban J connectivity index is 1.66. The summed E-state index contributed by atoms with van der Waals surface area (Å²) in [5, 5.41) is 2.24. The Morgan fingerprint density at radius 1 is 0.840 bits per heavy atom. The number of thioether (sulfide) groups is 1. The average Bonchev–Trinajstić information content (AvgIpc) is 2.66. The van der Waals surface area contributed by atoms with E-state index in [0.717, 1.165) is 27.7 Å². The van der Waals surface area contributed by atoms with Crippen molar-refractivity contribution in [3.05, 3.63) is 77.9 Å². The Hall–Kier alpha value is -2.06. The van der Waals surface area contributed by atoms with Gasteiger partial charge in [0.2, 0.25) is 5.12 Å². The van der Waals surface area contributed by atoms with Gasteiger partial charge in [-0.15, -0.1) is 0 Å². The highest BCUT2D eigenvalue weighted by Gasteiger charge is 2.11. The summed E-state index contributed by atoms with van der Waals surface area (Å²) < 4.78 is 0. The molecule has 25 heavy (non-hydrogen) atoms. The Labute approximate surface area is 154 Å². The van der Waals surface area contributed by atoms with E-state index in [2.05, 4.69) is 31.2 Å². The lowest BCUT2D eigenvalue weighted by atomic mass is 10.1. The molecule has 1 nitrogen and oxygen atoms in total. The molecule has 0 amide bonds. The molecule has 128 valence electrons. The minimum Gasteiger partial charge on any atom is -0.281 e. The summed E-state index contributed by atoms with van der Waals surface area (Å²) >= 11 is 1.31. The molecule has 0 atom stereocenters. The fourth-order valence-electron chi connectivity index (χ4n) is 3.05. The lowest BCUT2D eigenvalue weighted by molar-refractivity contribution is 0.109. The third kappa shape index (κ3) is 4.73. The number of rotatable bonds is 7. The van der Waals surface area contributed by atoms with Crippen LogP contribution in [0, 0.1) is 0 Å². The molecule has 0 heterocycles. The highest BCUT2D eigenvalue weighted by atomic mass is 32.2. The van der Waals surface area contributed by atoms with Crippen molar-refractivity contribution in [3.8, 4) is 0 Å².